The van der Waals surface area contributed by atoms with E-state index in [1.165, 1.54) is 112 Å². The molecule has 0 amide bonds. The summed E-state index contributed by atoms with van der Waals surface area (Å²) in [4.78, 5) is 0. The van der Waals surface area contributed by atoms with Crippen LogP contribution < -0.4 is 0 Å². The van der Waals surface area contributed by atoms with E-state index in [1.54, 1.807) is 0 Å². The summed E-state index contributed by atoms with van der Waals surface area (Å²) in [5.74, 6) is 24.0. The van der Waals surface area contributed by atoms with Gasteiger partial charge in [0.2, 0.25) is 0 Å². The van der Waals surface area contributed by atoms with E-state index in [-0.39, 0.29) is 0 Å². The van der Waals surface area contributed by atoms with Crippen LogP contribution in [0.25, 0.3) is 0 Å². The van der Waals surface area contributed by atoms with E-state index in [4.69, 9.17) is 0 Å². The molecule has 0 bridgehead atoms. The van der Waals surface area contributed by atoms with E-state index in [2.05, 4.69) is 15.9 Å². The normalized spacial score (nSPS) is 107. The first-order valence-electron chi connectivity index (χ1n) is 10.1. The molecule has 12 fully saturated rings. The topological polar surface area (TPSA) is 0 Å². The lowest BCUT2D eigenvalue weighted by Gasteiger charge is -2.34. The van der Waals surface area contributed by atoms with Crippen LogP contribution in [-0.4, -0.2) is 4.32 Å². The maximum Gasteiger partial charge on any atom is 0.0359 e. The number of alkyl halides is 1. The molecule has 0 aliphatic heterocycles. The van der Waals surface area contributed by atoms with Crippen LogP contribution in [0.15, 0.2) is 0 Å². The van der Waals surface area contributed by atoms with Gasteiger partial charge in [-0.05, 0) is 112 Å². The lowest BCUT2D eigenvalue weighted by atomic mass is 9.77. The molecule has 20 atom stereocenters. The van der Waals surface area contributed by atoms with Crippen molar-refractivity contribution in [1.29, 1.82) is 0 Å². The third kappa shape index (κ3) is 0.437. The monoisotopic (exact) mass is 338 g/mol. The van der Waals surface area contributed by atoms with Crippen molar-refractivity contribution < 1.29 is 0 Å². The molecule has 0 nitrogen and oxygen atoms in total. The minimum atomic E-state index is 0.713. The Labute approximate surface area is 132 Å². The summed E-state index contributed by atoms with van der Waals surface area (Å²) in [5, 5.41) is 0. The van der Waals surface area contributed by atoms with Crippen LogP contribution in [0.1, 0.15) is 0 Å². The van der Waals surface area contributed by atoms with Crippen LogP contribution in [-0.2, 0) is 0 Å². The molecule has 0 N–H and O–H groups in total. The first-order valence-corrected chi connectivity index (χ1v) is 10.8. The molecule has 1 heteroatoms. The van der Waals surface area contributed by atoms with Gasteiger partial charge in [-0.3, -0.25) is 0 Å². The van der Waals surface area contributed by atoms with Crippen LogP contribution >= 0.6 is 15.9 Å². The molecule has 106 valence electrons. The minimum Gasteiger partial charge on any atom is -0.0844 e. The van der Waals surface area contributed by atoms with Gasteiger partial charge in [0.15, 0.2) is 0 Å². The fourth-order valence-corrected chi connectivity index (χ4v) is 17.1. The lowest BCUT2D eigenvalue weighted by Crippen LogP contribution is -2.36. The second kappa shape index (κ2) is 1.93. The number of hydrogen-bond acceptors (Lipinski definition) is 0. The summed E-state index contributed by atoms with van der Waals surface area (Å²) in [6, 6.07) is 0. The second-order valence-electron chi connectivity index (χ2n) is 11.6. The van der Waals surface area contributed by atoms with Gasteiger partial charge in [0.1, 0.15) is 0 Å². The average molecular weight is 339 g/mol. The van der Waals surface area contributed by atoms with Crippen LogP contribution in [0.3, 0.4) is 0 Å². The minimum absolute atomic E-state index is 0.713. The summed E-state index contributed by atoms with van der Waals surface area (Å²) >= 11 is 4.62. The fraction of sp³-hybridized carbons (Fsp3) is 1.00. The number of hydrogen-bond donors (Lipinski definition) is 0. The van der Waals surface area contributed by atoms with Crippen molar-refractivity contribution in [2.24, 2.45) is 112 Å². The Bertz CT molecular complexity index is 611. The Morgan fingerprint density at radius 2 is 0.524 bits per heavy atom. The third-order valence-electron chi connectivity index (χ3n) is 13.4. The molecule has 8 unspecified atom stereocenters. The number of rotatable bonds is 0. The second-order valence-corrected chi connectivity index (χ2v) is 13.0. The smallest absolute Gasteiger partial charge is 0.0359 e. The van der Waals surface area contributed by atoms with Gasteiger partial charge in [-0.2, -0.15) is 0 Å². The summed E-state index contributed by atoms with van der Waals surface area (Å²) in [5.41, 5.74) is 0. The zero-order valence-corrected chi connectivity index (χ0v) is 13.4. The SMILES string of the molecule is BrC12C3[C@@H]4[C@@H]5C6C7C8[C@@H]9[C@@H]6[C@@H]4C1[C@@H]9[C@@H]1C2[C@H]2[C@@H](C7[C@@H]5[C@@H]32)[C@H]81. The van der Waals surface area contributed by atoms with Crippen LogP contribution in [0.2, 0.25) is 0 Å². The molecule has 12 aliphatic carbocycles. The summed E-state index contributed by atoms with van der Waals surface area (Å²) in [6.07, 6.45) is 0. The van der Waals surface area contributed by atoms with Crippen molar-refractivity contribution in [3.05, 3.63) is 0 Å². The first-order chi connectivity index (χ1) is 10.4. The van der Waals surface area contributed by atoms with Crippen molar-refractivity contribution in [3.8, 4) is 0 Å². The highest BCUT2D eigenvalue weighted by atomic mass is 79.9. The van der Waals surface area contributed by atoms with E-state index in [0.717, 1.165) is 0 Å². The van der Waals surface area contributed by atoms with E-state index >= 15 is 0 Å². The lowest BCUT2D eigenvalue weighted by molar-refractivity contribution is 0.198. The fourth-order valence-electron chi connectivity index (χ4n) is 15.3. The zero-order valence-electron chi connectivity index (χ0n) is 11.8. The van der Waals surface area contributed by atoms with Crippen molar-refractivity contribution in [3.63, 3.8) is 0 Å². The van der Waals surface area contributed by atoms with Crippen LogP contribution in [0, 0.1) is 112 Å². The van der Waals surface area contributed by atoms with Gasteiger partial charge in [-0.15, -0.1) is 0 Å². The van der Waals surface area contributed by atoms with E-state index in [1.807, 2.05) is 0 Å². The molecule has 12 rings (SSSR count). The van der Waals surface area contributed by atoms with Gasteiger partial charge in [-0.25, -0.2) is 0 Å². The standard InChI is InChI=1S/C20H19Br/c21-20-17-11-5-2-1-3-7(5)13(17)15-9(3)10-4(1)8-6(2)12(11)18(20)14(8)16(10)19(15)20/h1-19H/t1?,2?,3?,4?,5-,6-,7-,8+,9+,10+,11-,12+,13+,14+,15-,16-,17?,18?,19?,20?/m0/s1. The molecule has 0 aromatic carbocycles. The van der Waals surface area contributed by atoms with E-state index < -0.39 is 0 Å². The van der Waals surface area contributed by atoms with E-state index in [9.17, 15) is 0 Å². The Balaban J connectivity index is 1.49. The molecule has 21 heavy (non-hydrogen) atoms. The molecular weight excluding hydrogens is 320 g/mol. The summed E-state index contributed by atoms with van der Waals surface area (Å²) < 4.78 is 0.713. The zero-order chi connectivity index (χ0) is 12.5. The average Bonchev–Trinajstić information content (AvgIpc) is 3.10. The molecule has 0 radical (unpaired) electrons. The van der Waals surface area contributed by atoms with Gasteiger partial charge in [-0.1, -0.05) is 15.9 Å². The molecule has 0 aromatic heterocycles. The highest BCUT2D eigenvalue weighted by molar-refractivity contribution is 9.10. The Hall–Kier alpha value is 0.480. The number of halogens is 1. The molecule has 12 saturated carbocycles. The first kappa shape index (κ1) is 9.09. The molecule has 12 aliphatic rings. The van der Waals surface area contributed by atoms with Crippen LogP contribution in [0.5, 0.6) is 0 Å². The maximum absolute atomic E-state index is 4.62. The van der Waals surface area contributed by atoms with Crippen molar-refractivity contribution in [2.75, 3.05) is 0 Å². The molecule has 0 spiro atoms. The highest BCUT2D eigenvalue weighted by Gasteiger charge is 3.01. The van der Waals surface area contributed by atoms with E-state index in [0.29, 0.717) is 4.32 Å². The van der Waals surface area contributed by atoms with Gasteiger partial charge in [0.05, 0.1) is 0 Å². The van der Waals surface area contributed by atoms with Crippen molar-refractivity contribution >= 4 is 15.9 Å². The predicted molar refractivity (Wildman–Crippen MR) is 78.0 cm³/mol. The molecule has 0 aromatic rings. The molecular formula is C20H19Br. The molecule has 0 heterocycles. The Morgan fingerprint density at radius 3 is 0.762 bits per heavy atom. The van der Waals surface area contributed by atoms with Crippen LogP contribution in [0.4, 0.5) is 0 Å². The van der Waals surface area contributed by atoms with Gasteiger partial charge < -0.3 is 0 Å². The quantitative estimate of drug-likeness (QED) is 0.595. The van der Waals surface area contributed by atoms with Crippen molar-refractivity contribution in [1.82, 2.24) is 0 Å². The maximum atomic E-state index is 4.62. The highest BCUT2D eigenvalue weighted by Crippen LogP contribution is 3.03. The third-order valence-corrected chi connectivity index (χ3v) is 14.9. The predicted octanol–water partition coefficient (Wildman–Crippen LogP) is 2.98. The largest absolute Gasteiger partial charge is 0.0844 e. The molecule has 0 saturated heterocycles. The Kier molecular flexibility index (Phi) is 0.835. The van der Waals surface area contributed by atoms with Gasteiger partial charge in [0, 0.05) is 4.32 Å². The Morgan fingerprint density at radius 1 is 0.333 bits per heavy atom. The van der Waals surface area contributed by atoms with Gasteiger partial charge in [0.25, 0.3) is 0 Å². The van der Waals surface area contributed by atoms with Crippen molar-refractivity contribution in [2.45, 2.75) is 4.32 Å². The van der Waals surface area contributed by atoms with Gasteiger partial charge >= 0.3 is 0 Å². The summed E-state index contributed by atoms with van der Waals surface area (Å²) in [6.45, 7) is 0. The summed E-state index contributed by atoms with van der Waals surface area (Å²) in [7, 11) is 0.